The number of aryl methyl sites for hydroxylation is 1. The molecule has 6 heteroatoms. The lowest BCUT2D eigenvalue weighted by Gasteiger charge is -2.21. The molecule has 0 unspecified atom stereocenters. The van der Waals surface area contributed by atoms with E-state index in [0.29, 0.717) is 11.4 Å². The Morgan fingerprint density at radius 1 is 1.25 bits per heavy atom. The van der Waals surface area contributed by atoms with Crippen molar-refractivity contribution in [1.82, 2.24) is 4.98 Å². The number of nitrogens with two attached hydrogens (primary N) is 1. The number of rotatable bonds is 3. The highest BCUT2D eigenvalue weighted by Crippen LogP contribution is 2.25. The first-order valence-corrected chi connectivity index (χ1v) is 5.97. The Hall–Kier alpha value is -2.63. The minimum absolute atomic E-state index is 0.0264. The van der Waals surface area contributed by atoms with E-state index < -0.39 is 0 Å². The summed E-state index contributed by atoms with van der Waals surface area (Å²) in [4.78, 5) is 6.15. The maximum atomic E-state index is 13.0. The summed E-state index contributed by atoms with van der Waals surface area (Å²) in [5.74, 6) is 0.198. The number of hydrogen-bond acceptors (Lipinski definition) is 4. The molecule has 2 rings (SSSR count). The molecule has 3 N–H and O–H groups in total. The van der Waals surface area contributed by atoms with Crippen molar-refractivity contribution < 1.29 is 9.60 Å². The number of hydrogen-bond donors (Lipinski definition) is 2. The first kappa shape index (κ1) is 13.8. The van der Waals surface area contributed by atoms with Crippen molar-refractivity contribution >= 4 is 17.3 Å². The summed E-state index contributed by atoms with van der Waals surface area (Å²) in [6.45, 7) is 1.85. The fraction of sp³-hybridized carbons (Fsp3) is 0.143. The largest absolute Gasteiger partial charge is 0.409 e. The number of anilines is 2. The summed E-state index contributed by atoms with van der Waals surface area (Å²) < 4.78 is 13.0. The predicted octanol–water partition coefficient (Wildman–Crippen LogP) is 2.39. The molecular formula is C14H15FN4O. The average molecular weight is 274 g/mol. The molecule has 0 saturated carbocycles. The summed E-state index contributed by atoms with van der Waals surface area (Å²) in [7, 11) is 1.78. The Kier molecular flexibility index (Phi) is 3.84. The second-order valence-corrected chi connectivity index (χ2v) is 4.34. The van der Waals surface area contributed by atoms with E-state index in [9.17, 15) is 4.39 Å². The van der Waals surface area contributed by atoms with Crippen LogP contribution in [0.15, 0.2) is 41.6 Å². The zero-order valence-corrected chi connectivity index (χ0v) is 11.2. The van der Waals surface area contributed by atoms with Crippen molar-refractivity contribution in [2.75, 3.05) is 11.9 Å². The minimum Gasteiger partial charge on any atom is -0.409 e. The fourth-order valence-corrected chi connectivity index (χ4v) is 1.84. The van der Waals surface area contributed by atoms with E-state index >= 15 is 0 Å². The molecule has 0 saturated heterocycles. The Bertz CT molecular complexity index is 640. The first-order valence-electron chi connectivity index (χ1n) is 5.97. The lowest BCUT2D eigenvalue weighted by atomic mass is 10.2. The molecule has 0 aliphatic rings. The third kappa shape index (κ3) is 2.69. The highest BCUT2D eigenvalue weighted by molar-refractivity contribution is 6.02. The molecule has 0 amide bonds. The topological polar surface area (TPSA) is 74.7 Å². The van der Waals surface area contributed by atoms with Crippen molar-refractivity contribution in [3.63, 3.8) is 0 Å². The van der Waals surface area contributed by atoms with E-state index in [1.54, 1.807) is 36.2 Å². The van der Waals surface area contributed by atoms with Gasteiger partial charge in [0.25, 0.3) is 0 Å². The van der Waals surface area contributed by atoms with Gasteiger partial charge in [0.05, 0.1) is 5.56 Å². The molecule has 1 aromatic heterocycles. The maximum Gasteiger partial charge on any atom is 0.173 e. The number of benzene rings is 1. The van der Waals surface area contributed by atoms with Gasteiger partial charge >= 0.3 is 0 Å². The van der Waals surface area contributed by atoms with Gasteiger partial charge in [0.1, 0.15) is 11.6 Å². The standard InChI is InChI=1S/C14H15FN4O/c1-9-3-8-12(13(16)18-20)14(17-9)19(2)11-6-4-10(15)5-7-11/h3-8,20H,1-2H3,(H2,16,18). The van der Waals surface area contributed by atoms with Crippen LogP contribution in [0.25, 0.3) is 0 Å². The van der Waals surface area contributed by atoms with Crippen molar-refractivity contribution in [3.8, 4) is 0 Å². The van der Waals surface area contributed by atoms with Crippen LogP contribution in [0.3, 0.4) is 0 Å². The van der Waals surface area contributed by atoms with E-state index in [1.807, 2.05) is 6.92 Å². The molecule has 1 heterocycles. The number of nitrogens with zero attached hydrogens (tertiary/aromatic N) is 3. The SMILES string of the molecule is Cc1ccc(C(N)=NO)c(N(C)c2ccc(F)cc2)n1. The first-order chi connectivity index (χ1) is 9.52. The fourth-order valence-electron chi connectivity index (χ4n) is 1.84. The van der Waals surface area contributed by atoms with Crippen LogP contribution in [0.1, 0.15) is 11.3 Å². The number of pyridine rings is 1. The lowest BCUT2D eigenvalue weighted by molar-refractivity contribution is 0.318. The third-order valence-corrected chi connectivity index (χ3v) is 2.93. The number of oxime groups is 1. The lowest BCUT2D eigenvalue weighted by Crippen LogP contribution is -2.21. The van der Waals surface area contributed by atoms with E-state index in [2.05, 4.69) is 10.1 Å². The third-order valence-electron chi connectivity index (χ3n) is 2.93. The van der Waals surface area contributed by atoms with Gasteiger partial charge in [0, 0.05) is 18.4 Å². The van der Waals surface area contributed by atoms with Gasteiger partial charge in [-0.1, -0.05) is 5.16 Å². The molecule has 0 atom stereocenters. The van der Waals surface area contributed by atoms with Crippen LogP contribution in [0.4, 0.5) is 15.9 Å². The molecular weight excluding hydrogens is 259 g/mol. The van der Waals surface area contributed by atoms with Gasteiger partial charge in [-0.3, -0.25) is 0 Å². The van der Waals surface area contributed by atoms with Gasteiger partial charge in [0.2, 0.25) is 0 Å². The van der Waals surface area contributed by atoms with Gasteiger partial charge in [-0.05, 0) is 43.3 Å². The van der Waals surface area contributed by atoms with Crippen LogP contribution in [0.5, 0.6) is 0 Å². The quantitative estimate of drug-likeness (QED) is 0.390. The van der Waals surface area contributed by atoms with Gasteiger partial charge in [-0.25, -0.2) is 9.37 Å². The van der Waals surface area contributed by atoms with Crippen LogP contribution in [0, 0.1) is 12.7 Å². The molecule has 0 spiro atoms. The molecule has 5 nitrogen and oxygen atoms in total. The highest BCUT2D eigenvalue weighted by Gasteiger charge is 2.14. The summed E-state index contributed by atoms with van der Waals surface area (Å²) >= 11 is 0. The van der Waals surface area contributed by atoms with Gasteiger partial charge in [-0.2, -0.15) is 0 Å². The van der Waals surface area contributed by atoms with Crippen LogP contribution in [-0.2, 0) is 0 Å². The molecule has 0 bridgehead atoms. The smallest absolute Gasteiger partial charge is 0.173 e. The Morgan fingerprint density at radius 2 is 1.90 bits per heavy atom. The zero-order valence-electron chi connectivity index (χ0n) is 11.2. The molecule has 0 radical (unpaired) electrons. The number of aromatic nitrogens is 1. The van der Waals surface area contributed by atoms with Crippen molar-refractivity contribution in [3.05, 3.63) is 53.5 Å². The molecule has 0 fully saturated rings. The molecule has 0 aliphatic heterocycles. The average Bonchev–Trinajstić information content (AvgIpc) is 2.46. The second kappa shape index (κ2) is 5.56. The van der Waals surface area contributed by atoms with Crippen LogP contribution < -0.4 is 10.6 Å². The van der Waals surface area contributed by atoms with Crippen LogP contribution in [-0.4, -0.2) is 23.1 Å². The summed E-state index contributed by atoms with van der Waals surface area (Å²) in [6.07, 6.45) is 0. The Labute approximate surface area is 116 Å². The van der Waals surface area contributed by atoms with Gasteiger partial charge in [0.15, 0.2) is 5.84 Å². The van der Waals surface area contributed by atoms with E-state index in [4.69, 9.17) is 10.9 Å². The highest BCUT2D eigenvalue weighted by atomic mass is 19.1. The second-order valence-electron chi connectivity index (χ2n) is 4.34. The predicted molar refractivity (Wildman–Crippen MR) is 75.9 cm³/mol. The number of halogens is 1. The zero-order chi connectivity index (χ0) is 14.7. The Morgan fingerprint density at radius 3 is 2.50 bits per heavy atom. The summed E-state index contributed by atoms with van der Waals surface area (Å²) in [6, 6.07) is 9.50. The minimum atomic E-state index is -0.309. The molecule has 2 aromatic rings. The van der Waals surface area contributed by atoms with E-state index in [1.165, 1.54) is 12.1 Å². The maximum absolute atomic E-state index is 13.0. The van der Waals surface area contributed by atoms with Crippen molar-refractivity contribution in [2.45, 2.75) is 6.92 Å². The van der Waals surface area contributed by atoms with Crippen molar-refractivity contribution in [1.29, 1.82) is 0 Å². The van der Waals surface area contributed by atoms with Crippen LogP contribution in [0.2, 0.25) is 0 Å². The van der Waals surface area contributed by atoms with Gasteiger partial charge < -0.3 is 15.8 Å². The van der Waals surface area contributed by atoms with Crippen LogP contribution >= 0.6 is 0 Å². The van der Waals surface area contributed by atoms with Crippen molar-refractivity contribution in [2.24, 2.45) is 10.9 Å². The Balaban J connectivity index is 2.50. The number of amidine groups is 1. The monoisotopic (exact) mass is 274 g/mol. The van der Waals surface area contributed by atoms with E-state index in [0.717, 1.165) is 11.4 Å². The normalized spacial score (nSPS) is 11.4. The molecule has 0 aliphatic carbocycles. The molecule has 1 aromatic carbocycles. The van der Waals surface area contributed by atoms with Gasteiger partial charge in [-0.15, -0.1) is 0 Å². The molecule has 104 valence electrons. The summed E-state index contributed by atoms with van der Waals surface area (Å²) in [5.41, 5.74) is 7.70. The molecule has 20 heavy (non-hydrogen) atoms. The van der Waals surface area contributed by atoms with E-state index in [-0.39, 0.29) is 11.7 Å². The summed E-state index contributed by atoms with van der Waals surface area (Å²) in [5, 5.41) is 11.8.